The first-order valence-electron chi connectivity index (χ1n) is 6.52. The highest BCUT2D eigenvalue weighted by atomic mass is 15.2. The molecule has 2 heteroatoms. The smallest absolute Gasteiger partial charge is 0.0252 e. The van der Waals surface area contributed by atoms with Gasteiger partial charge in [-0.05, 0) is 38.5 Å². The predicted molar refractivity (Wildman–Crippen MR) is 65.0 cm³/mol. The van der Waals surface area contributed by atoms with Gasteiger partial charge in [-0.3, -0.25) is 4.90 Å². The van der Waals surface area contributed by atoms with Gasteiger partial charge in [0.05, 0.1) is 0 Å². The summed E-state index contributed by atoms with van der Waals surface area (Å²) in [4.78, 5) is 2.67. The van der Waals surface area contributed by atoms with E-state index in [-0.39, 0.29) is 0 Å². The van der Waals surface area contributed by atoms with E-state index in [1.54, 1.807) is 0 Å². The zero-order valence-electron chi connectivity index (χ0n) is 10.6. The fourth-order valence-electron chi connectivity index (χ4n) is 3.26. The first-order chi connectivity index (χ1) is 7.05. The van der Waals surface area contributed by atoms with Crippen LogP contribution in [0.3, 0.4) is 0 Å². The molecule has 88 valence electrons. The number of hydrogen-bond donors (Lipinski definition) is 1. The van der Waals surface area contributed by atoms with Crippen LogP contribution in [0.1, 0.15) is 40.0 Å². The summed E-state index contributed by atoms with van der Waals surface area (Å²) in [6, 6.07) is 0. The summed E-state index contributed by atoms with van der Waals surface area (Å²) in [6.45, 7) is 12.0. The van der Waals surface area contributed by atoms with Crippen LogP contribution >= 0.6 is 0 Å². The highest BCUT2D eigenvalue weighted by Gasteiger charge is 2.29. The molecule has 2 aliphatic rings. The van der Waals surface area contributed by atoms with Crippen molar-refractivity contribution in [3.63, 3.8) is 0 Å². The van der Waals surface area contributed by atoms with E-state index >= 15 is 0 Å². The van der Waals surface area contributed by atoms with E-state index in [1.165, 1.54) is 38.9 Å². The number of piperazine rings is 1. The second-order valence-electron chi connectivity index (χ2n) is 6.33. The fraction of sp³-hybridized carbons (Fsp3) is 1.00. The Bertz CT molecular complexity index is 213. The third-order valence-corrected chi connectivity index (χ3v) is 3.97. The molecule has 0 amide bonds. The van der Waals surface area contributed by atoms with Crippen molar-refractivity contribution in [2.75, 3.05) is 26.2 Å². The normalized spacial score (nSPS) is 37.0. The molecule has 1 N–H and O–H groups in total. The van der Waals surface area contributed by atoms with Crippen molar-refractivity contribution in [2.24, 2.45) is 11.8 Å². The Balaban J connectivity index is 1.79. The average molecular weight is 210 g/mol. The van der Waals surface area contributed by atoms with Gasteiger partial charge in [0.1, 0.15) is 0 Å². The minimum Gasteiger partial charge on any atom is -0.309 e. The number of nitrogens with zero attached hydrogens (tertiary/aromatic N) is 1. The molecule has 1 aliphatic carbocycles. The van der Waals surface area contributed by atoms with E-state index in [0.717, 1.165) is 18.4 Å². The lowest BCUT2D eigenvalue weighted by molar-refractivity contribution is 0.135. The standard InChI is InChI=1S/C13H26N2/c1-11-4-5-12(8-11)9-15-7-6-14-13(2,3)10-15/h11-12,14H,4-10H2,1-3H3. The monoisotopic (exact) mass is 210 g/mol. The molecule has 2 fully saturated rings. The van der Waals surface area contributed by atoms with E-state index in [9.17, 15) is 0 Å². The SMILES string of the molecule is CC1CCC(CN2CCNC(C)(C)C2)C1. The zero-order valence-corrected chi connectivity index (χ0v) is 10.6. The predicted octanol–water partition coefficient (Wildman–Crippen LogP) is 2.11. The van der Waals surface area contributed by atoms with Crippen LogP contribution in [-0.2, 0) is 0 Å². The molecule has 2 nitrogen and oxygen atoms in total. The van der Waals surface area contributed by atoms with Crippen molar-refractivity contribution in [1.82, 2.24) is 10.2 Å². The largest absolute Gasteiger partial charge is 0.309 e. The average Bonchev–Trinajstić information content (AvgIpc) is 2.49. The van der Waals surface area contributed by atoms with Crippen molar-refractivity contribution >= 4 is 0 Å². The highest BCUT2D eigenvalue weighted by Crippen LogP contribution is 2.31. The minimum atomic E-state index is 0.322. The maximum atomic E-state index is 3.58. The lowest BCUT2D eigenvalue weighted by Gasteiger charge is -2.40. The minimum absolute atomic E-state index is 0.322. The Morgan fingerprint density at radius 2 is 2.13 bits per heavy atom. The van der Waals surface area contributed by atoms with Gasteiger partial charge in [-0.15, -0.1) is 0 Å². The van der Waals surface area contributed by atoms with Gasteiger partial charge in [-0.25, -0.2) is 0 Å². The molecular weight excluding hydrogens is 184 g/mol. The van der Waals surface area contributed by atoms with E-state index in [0.29, 0.717) is 5.54 Å². The van der Waals surface area contributed by atoms with E-state index < -0.39 is 0 Å². The van der Waals surface area contributed by atoms with Gasteiger partial charge in [0.25, 0.3) is 0 Å². The highest BCUT2D eigenvalue weighted by molar-refractivity contribution is 4.88. The Kier molecular flexibility index (Phi) is 3.36. The van der Waals surface area contributed by atoms with Crippen molar-refractivity contribution in [3.8, 4) is 0 Å². The molecular formula is C13H26N2. The maximum absolute atomic E-state index is 3.58. The summed E-state index contributed by atoms with van der Waals surface area (Å²) in [5.74, 6) is 1.96. The number of hydrogen-bond acceptors (Lipinski definition) is 2. The summed E-state index contributed by atoms with van der Waals surface area (Å²) >= 11 is 0. The lowest BCUT2D eigenvalue weighted by atomic mass is 9.99. The second-order valence-corrected chi connectivity index (χ2v) is 6.33. The van der Waals surface area contributed by atoms with Crippen LogP contribution in [0.25, 0.3) is 0 Å². The molecule has 0 aromatic carbocycles. The molecule has 0 bridgehead atoms. The molecule has 1 heterocycles. The van der Waals surface area contributed by atoms with Crippen LogP contribution in [0.4, 0.5) is 0 Å². The molecule has 0 aromatic heterocycles. The molecule has 0 aromatic rings. The summed E-state index contributed by atoms with van der Waals surface area (Å²) < 4.78 is 0. The molecule has 1 saturated carbocycles. The Hall–Kier alpha value is -0.0800. The molecule has 0 spiro atoms. The molecule has 2 rings (SSSR count). The van der Waals surface area contributed by atoms with Gasteiger partial charge in [0.15, 0.2) is 0 Å². The third-order valence-electron chi connectivity index (χ3n) is 3.97. The van der Waals surface area contributed by atoms with Crippen molar-refractivity contribution < 1.29 is 0 Å². The van der Waals surface area contributed by atoms with Crippen LogP contribution in [0, 0.1) is 11.8 Å². The van der Waals surface area contributed by atoms with Gasteiger partial charge in [-0.1, -0.05) is 13.3 Å². The molecule has 2 unspecified atom stereocenters. The summed E-state index contributed by atoms with van der Waals surface area (Å²) in [6.07, 6.45) is 4.38. The topological polar surface area (TPSA) is 15.3 Å². The van der Waals surface area contributed by atoms with E-state index in [1.807, 2.05) is 0 Å². The molecule has 0 radical (unpaired) electrons. The maximum Gasteiger partial charge on any atom is 0.0252 e. The lowest BCUT2D eigenvalue weighted by Crippen LogP contribution is -2.57. The van der Waals surface area contributed by atoms with Crippen LogP contribution in [0.2, 0.25) is 0 Å². The van der Waals surface area contributed by atoms with Crippen LogP contribution in [0.5, 0.6) is 0 Å². The first kappa shape index (κ1) is 11.4. The summed E-state index contributed by atoms with van der Waals surface area (Å²) in [5.41, 5.74) is 0.322. The second kappa shape index (κ2) is 4.42. The summed E-state index contributed by atoms with van der Waals surface area (Å²) in [7, 11) is 0. The molecule has 15 heavy (non-hydrogen) atoms. The van der Waals surface area contributed by atoms with Gasteiger partial charge in [0.2, 0.25) is 0 Å². The summed E-state index contributed by atoms with van der Waals surface area (Å²) in [5, 5.41) is 3.58. The van der Waals surface area contributed by atoms with Gasteiger partial charge in [0, 0.05) is 31.7 Å². The molecule has 1 aliphatic heterocycles. The van der Waals surface area contributed by atoms with E-state index in [2.05, 4.69) is 31.0 Å². The Labute approximate surface area is 94.4 Å². The number of rotatable bonds is 2. The molecule has 2 atom stereocenters. The Morgan fingerprint density at radius 1 is 1.33 bits per heavy atom. The van der Waals surface area contributed by atoms with Gasteiger partial charge >= 0.3 is 0 Å². The molecule has 1 saturated heterocycles. The van der Waals surface area contributed by atoms with Crippen LogP contribution in [0.15, 0.2) is 0 Å². The fourth-order valence-corrected chi connectivity index (χ4v) is 3.26. The first-order valence-corrected chi connectivity index (χ1v) is 6.52. The quantitative estimate of drug-likeness (QED) is 0.751. The zero-order chi connectivity index (χ0) is 10.9. The van der Waals surface area contributed by atoms with Crippen LogP contribution < -0.4 is 5.32 Å². The van der Waals surface area contributed by atoms with Crippen LogP contribution in [-0.4, -0.2) is 36.6 Å². The Morgan fingerprint density at radius 3 is 2.73 bits per heavy atom. The van der Waals surface area contributed by atoms with Gasteiger partial charge < -0.3 is 5.32 Å². The van der Waals surface area contributed by atoms with Crippen molar-refractivity contribution in [3.05, 3.63) is 0 Å². The van der Waals surface area contributed by atoms with Gasteiger partial charge in [-0.2, -0.15) is 0 Å². The number of nitrogens with one attached hydrogen (secondary N) is 1. The van der Waals surface area contributed by atoms with E-state index in [4.69, 9.17) is 0 Å². The van der Waals surface area contributed by atoms with Crippen molar-refractivity contribution in [2.45, 2.75) is 45.6 Å². The third kappa shape index (κ3) is 3.18. The van der Waals surface area contributed by atoms with Crippen molar-refractivity contribution in [1.29, 1.82) is 0 Å².